The summed E-state index contributed by atoms with van der Waals surface area (Å²) in [6.07, 6.45) is 0. The summed E-state index contributed by atoms with van der Waals surface area (Å²) in [5, 5.41) is 0.422. The van der Waals surface area contributed by atoms with E-state index >= 15 is 0 Å². The van der Waals surface area contributed by atoms with Crippen LogP contribution >= 0.6 is 23.2 Å². The summed E-state index contributed by atoms with van der Waals surface area (Å²) < 4.78 is 25.0. The fraction of sp³-hybridized carbons (Fsp3) is 0. The van der Waals surface area contributed by atoms with Crippen molar-refractivity contribution in [1.82, 2.24) is 0 Å². The first-order valence-electron chi connectivity index (χ1n) is 5.18. The van der Waals surface area contributed by atoms with E-state index in [-0.39, 0.29) is 31.2 Å². The number of anilines is 2. The molecular formula is C12H10Cl2N2O2S. The molecule has 2 rings (SSSR count). The molecule has 0 saturated carbocycles. The lowest BCUT2D eigenvalue weighted by molar-refractivity contribution is 0.597. The molecule has 19 heavy (non-hydrogen) atoms. The number of hydrogen-bond acceptors (Lipinski definition) is 4. The highest BCUT2D eigenvalue weighted by molar-refractivity contribution is 7.91. The highest BCUT2D eigenvalue weighted by Gasteiger charge is 2.23. The number of rotatable bonds is 2. The molecule has 2 aromatic carbocycles. The summed E-state index contributed by atoms with van der Waals surface area (Å²) in [6, 6.07) is 8.56. The van der Waals surface area contributed by atoms with Crippen LogP contribution in [0.25, 0.3) is 0 Å². The van der Waals surface area contributed by atoms with Crippen molar-refractivity contribution in [3.63, 3.8) is 0 Å². The molecule has 4 nitrogen and oxygen atoms in total. The Labute approximate surface area is 120 Å². The summed E-state index contributed by atoms with van der Waals surface area (Å²) >= 11 is 11.6. The van der Waals surface area contributed by atoms with Crippen LogP contribution in [0.1, 0.15) is 0 Å². The van der Waals surface area contributed by atoms with E-state index in [0.717, 1.165) is 0 Å². The van der Waals surface area contributed by atoms with Crippen molar-refractivity contribution < 1.29 is 8.42 Å². The predicted molar refractivity (Wildman–Crippen MR) is 77.2 cm³/mol. The maximum Gasteiger partial charge on any atom is 0.210 e. The minimum absolute atomic E-state index is 0.00787. The zero-order valence-corrected chi connectivity index (χ0v) is 11.9. The van der Waals surface area contributed by atoms with Gasteiger partial charge in [-0.2, -0.15) is 0 Å². The van der Waals surface area contributed by atoms with Crippen LogP contribution in [0.2, 0.25) is 10.0 Å². The lowest BCUT2D eigenvalue weighted by Gasteiger charge is -2.10. The van der Waals surface area contributed by atoms with Crippen LogP contribution in [0, 0.1) is 0 Å². The molecule has 100 valence electrons. The van der Waals surface area contributed by atoms with Gasteiger partial charge in [0.1, 0.15) is 4.90 Å². The van der Waals surface area contributed by atoms with Gasteiger partial charge < -0.3 is 11.5 Å². The van der Waals surface area contributed by atoms with Gasteiger partial charge in [-0.25, -0.2) is 8.42 Å². The third-order valence-electron chi connectivity index (χ3n) is 2.55. The Balaban J connectivity index is 2.69. The topological polar surface area (TPSA) is 86.2 Å². The number of hydrogen-bond donors (Lipinski definition) is 2. The average Bonchev–Trinajstić information content (AvgIpc) is 2.32. The molecule has 0 bridgehead atoms. The normalized spacial score (nSPS) is 11.5. The van der Waals surface area contributed by atoms with Gasteiger partial charge in [0, 0.05) is 0 Å². The van der Waals surface area contributed by atoms with E-state index in [1.807, 2.05) is 0 Å². The average molecular weight is 317 g/mol. The number of sulfone groups is 1. The Morgan fingerprint density at radius 2 is 1.47 bits per heavy atom. The van der Waals surface area contributed by atoms with Gasteiger partial charge in [0.05, 0.1) is 26.3 Å². The highest BCUT2D eigenvalue weighted by Crippen LogP contribution is 2.33. The standard InChI is InChI=1S/C12H10Cl2N2O2S/c13-8-5-4-7(6-9(8)14)19(17,18)12-10(15)2-1-3-11(12)16/h1-6H,15-16H2. The molecule has 0 aromatic heterocycles. The molecule has 0 aliphatic rings. The molecule has 7 heteroatoms. The molecule has 0 heterocycles. The van der Waals surface area contributed by atoms with E-state index in [2.05, 4.69) is 0 Å². The second-order valence-electron chi connectivity index (χ2n) is 3.84. The molecule has 0 amide bonds. The van der Waals surface area contributed by atoms with Crippen LogP contribution in [0.3, 0.4) is 0 Å². The zero-order valence-electron chi connectivity index (χ0n) is 9.60. The van der Waals surface area contributed by atoms with Crippen molar-refractivity contribution in [1.29, 1.82) is 0 Å². The van der Waals surface area contributed by atoms with E-state index < -0.39 is 9.84 Å². The summed E-state index contributed by atoms with van der Waals surface area (Å²) in [5.74, 6) is 0. The van der Waals surface area contributed by atoms with Crippen LogP contribution in [0.4, 0.5) is 11.4 Å². The molecular weight excluding hydrogens is 307 g/mol. The molecule has 0 aliphatic carbocycles. The predicted octanol–water partition coefficient (Wildman–Crippen LogP) is 2.99. The molecule has 0 fully saturated rings. The van der Waals surface area contributed by atoms with E-state index in [0.29, 0.717) is 0 Å². The minimum Gasteiger partial charge on any atom is -0.398 e. The Morgan fingerprint density at radius 3 is 2.00 bits per heavy atom. The molecule has 0 atom stereocenters. The van der Waals surface area contributed by atoms with Crippen molar-refractivity contribution in [3.8, 4) is 0 Å². The number of halogens is 2. The SMILES string of the molecule is Nc1cccc(N)c1S(=O)(=O)c1ccc(Cl)c(Cl)c1. The summed E-state index contributed by atoms with van der Waals surface area (Å²) in [6.45, 7) is 0. The monoisotopic (exact) mass is 316 g/mol. The van der Waals surface area contributed by atoms with Crippen molar-refractivity contribution in [2.45, 2.75) is 9.79 Å². The Bertz CT molecular complexity index is 725. The van der Waals surface area contributed by atoms with Crippen LogP contribution in [-0.2, 0) is 9.84 Å². The van der Waals surface area contributed by atoms with E-state index in [1.54, 1.807) is 6.07 Å². The van der Waals surface area contributed by atoms with Gasteiger partial charge in [0.2, 0.25) is 9.84 Å². The first kappa shape index (κ1) is 14.0. The van der Waals surface area contributed by atoms with Crippen LogP contribution in [0.15, 0.2) is 46.2 Å². The van der Waals surface area contributed by atoms with Crippen molar-refractivity contribution in [3.05, 3.63) is 46.4 Å². The Morgan fingerprint density at radius 1 is 0.895 bits per heavy atom. The van der Waals surface area contributed by atoms with Crippen LogP contribution in [-0.4, -0.2) is 8.42 Å². The van der Waals surface area contributed by atoms with Gasteiger partial charge in [0.25, 0.3) is 0 Å². The van der Waals surface area contributed by atoms with Crippen LogP contribution in [0.5, 0.6) is 0 Å². The van der Waals surface area contributed by atoms with E-state index in [4.69, 9.17) is 34.7 Å². The molecule has 0 saturated heterocycles. The van der Waals surface area contributed by atoms with Crippen molar-refractivity contribution in [2.75, 3.05) is 11.5 Å². The molecule has 2 aromatic rings. The number of nitrogen functional groups attached to an aromatic ring is 2. The van der Waals surface area contributed by atoms with Gasteiger partial charge in [-0.3, -0.25) is 0 Å². The second kappa shape index (κ2) is 4.92. The zero-order chi connectivity index (χ0) is 14.2. The molecule has 0 spiro atoms. The van der Waals surface area contributed by atoms with Gasteiger partial charge >= 0.3 is 0 Å². The third-order valence-corrected chi connectivity index (χ3v) is 5.17. The van der Waals surface area contributed by atoms with E-state index in [1.165, 1.54) is 30.3 Å². The molecule has 0 unspecified atom stereocenters. The lowest BCUT2D eigenvalue weighted by atomic mass is 10.3. The maximum atomic E-state index is 12.5. The van der Waals surface area contributed by atoms with Gasteiger partial charge in [0.15, 0.2) is 0 Å². The first-order chi connectivity index (χ1) is 8.84. The highest BCUT2D eigenvalue weighted by atomic mass is 35.5. The van der Waals surface area contributed by atoms with Gasteiger partial charge in [-0.1, -0.05) is 29.3 Å². The largest absolute Gasteiger partial charge is 0.398 e. The first-order valence-corrected chi connectivity index (χ1v) is 7.42. The van der Waals surface area contributed by atoms with Crippen molar-refractivity contribution >= 4 is 44.4 Å². The second-order valence-corrected chi connectivity index (χ2v) is 6.55. The maximum absolute atomic E-state index is 12.5. The quantitative estimate of drug-likeness (QED) is 0.834. The number of nitrogens with two attached hydrogens (primary N) is 2. The molecule has 4 N–H and O–H groups in total. The van der Waals surface area contributed by atoms with Crippen molar-refractivity contribution in [2.24, 2.45) is 0 Å². The van der Waals surface area contributed by atoms with Gasteiger partial charge in [-0.05, 0) is 30.3 Å². The fourth-order valence-corrected chi connectivity index (χ4v) is 3.52. The smallest absolute Gasteiger partial charge is 0.210 e. The summed E-state index contributed by atoms with van der Waals surface area (Å²) in [5.41, 5.74) is 11.6. The Hall–Kier alpha value is -1.43. The minimum atomic E-state index is -3.83. The van der Waals surface area contributed by atoms with Crippen LogP contribution < -0.4 is 11.5 Å². The number of benzene rings is 2. The molecule has 0 aliphatic heterocycles. The van der Waals surface area contributed by atoms with Gasteiger partial charge in [-0.15, -0.1) is 0 Å². The lowest BCUT2D eigenvalue weighted by Crippen LogP contribution is -2.08. The summed E-state index contributed by atoms with van der Waals surface area (Å²) in [7, 11) is -3.83. The Kier molecular flexibility index (Phi) is 3.62. The molecule has 0 radical (unpaired) electrons. The fourth-order valence-electron chi connectivity index (χ4n) is 1.65. The van der Waals surface area contributed by atoms with E-state index in [9.17, 15) is 8.42 Å². The summed E-state index contributed by atoms with van der Waals surface area (Å²) in [4.78, 5) is -0.125. The third kappa shape index (κ3) is 2.49.